The van der Waals surface area contributed by atoms with Gasteiger partial charge < -0.3 is 9.97 Å². The number of rotatable bonds is 0. The van der Waals surface area contributed by atoms with Crippen molar-refractivity contribution in [1.82, 2.24) is 9.97 Å². The third-order valence-electron chi connectivity index (χ3n) is 1.35. The Bertz CT molecular complexity index is 320. The topological polar surface area (TPSA) is 31.6 Å². The van der Waals surface area contributed by atoms with Gasteiger partial charge in [0.2, 0.25) is 0 Å². The van der Waals surface area contributed by atoms with Gasteiger partial charge in [-0.25, -0.2) is 0 Å². The molecule has 0 aliphatic rings. The molecular weight excluding hydrogens is 180 g/mol. The summed E-state index contributed by atoms with van der Waals surface area (Å²) in [6, 6.07) is 2.02. The number of fused-ring (bicyclic) bond motifs is 1. The van der Waals surface area contributed by atoms with E-state index in [0.29, 0.717) is 0 Å². The molecule has 0 aliphatic carbocycles. The molecule has 0 saturated carbocycles. The van der Waals surface area contributed by atoms with Gasteiger partial charge in [0.05, 0.1) is 0 Å². The third kappa shape index (κ3) is 0.612. The van der Waals surface area contributed by atoms with Gasteiger partial charge in [0, 0.05) is 22.3 Å². The number of H-pyrrole nitrogens is 2. The van der Waals surface area contributed by atoms with Crippen molar-refractivity contribution in [1.29, 1.82) is 0 Å². The molecular formula is C6H5BrN2. The molecule has 0 unspecified atom stereocenters. The first kappa shape index (κ1) is 5.11. The van der Waals surface area contributed by atoms with E-state index >= 15 is 0 Å². The minimum atomic E-state index is 1.07. The first-order valence-electron chi connectivity index (χ1n) is 2.68. The number of halogens is 1. The van der Waals surface area contributed by atoms with E-state index in [1.54, 1.807) is 0 Å². The minimum absolute atomic E-state index is 1.07. The predicted octanol–water partition coefficient (Wildman–Crippen LogP) is 2.26. The first-order valence-corrected chi connectivity index (χ1v) is 3.47. The van der Waals surface area contributed by atoms with Gasteiger partial charge >= 0.3 is 0 Å². The summed E-state index contributed by atoms with van der Waals surface area (Å²) in [5, 5.41) is 1.20. The second-order valence-corrected chi connectivity index (χ2v) is 2.76. The monoisotopic (exact) mass is 184 g/mol. The van der Waals surface area contributed by atoms with E-state index in [9.17, 15) is 0 Å². The molecule has 2 aromatic rings. The molecule has 0 amide bonds. The molecule has 46 valence electrons. The van der Waals surface area contributed by atoms with Gasteiger partial charge in [0.1, 0.15) is 5.65 Å². The second-order valence-electron chi connectivity index (χ2n) is 1.90. The Kier molecular flexibility index (Phi) is 0.931. The summed E-state index contributed by atoms with van der Waals surface area (Å²) in [4.78, 5) is 6.12. The number of hydrogen-bond acceptors (Lipinski definition) is 0. The highest BCUT2D eigenvalue weighted by Crippen LogP contribution is 2.21. The number of nitrogens with one attached hydrogen (secondary N) is 2. The lowest BCUT2D eigenvalue weighted by molar-refractivity contribution is 1.35. The van der Waals surface area contributed by atoms with Crippen molar-refractivity contribution in [3.8, 4) is 0 Å². The van der Waals surface area contributed by atoms with Crippen LogP contribution in [0.3, 0.4) is 0 Å². The quantitative estimate of drug-likeness (QED) is 0.630. The van der Waals surface area contributed by atoms with Crippen LogP contribution in [0.4, 0.5) is 0 Å². The standard InChI is InChI=1S/C6H5BrN2/c7-5-3-9-6-4(5)1-2-8-6/h1-3,8-9H. The molecule has 2 nitrogen and oxygen atoms in total. The molecule has 0 aromatic carbocycles. The molecule has 9 heavy (non-hydrogen) atoms. The maximum absolute atomic E-state index is 3.39. The van der Waals surface area contributed by atoms with E-state index in [2.05, 4.69) is 25.9 Å². The Balaban J connectivity index is 2.99. The zero-order chi connectivity index (χ0) is 6.27. The van der Waals surface area contributed by atoms with Gasteiger partial charge in [0.15, 0.2) is 0 Å². The van der Waals surface area contributed by atoms with E-state index < -0.39 is 0 Å². The molecule has 2 N–H and O–H groups in total. The van der Waals surface area contributed by atoms with Crippen LogP contribution in [-0.4, -0.2) is 9.97 Å². The molecule has 0 atom stereocenters. The lowest BCUT2D eigenvalue weighted by Crippen LogP contribution is -1.58. The zero-order valence-corrected chi connectivity index (χ0v) is 6.20. The van der Waals surface area contributed by atoms with Crippen LogP contribution >= 0.6 is 15.9 Å². The minimum Gasteiger partial charge on any atom is -0.348 e. The Morgan fingerprint density at radius 3 is 3.00 bits per heavy atom. The fourth-order valence-electron chi connectivity index (χ4n) is 0.901. The van der Waals surface area contributed by atoms with Crippen LogP contribution < -0.4 is 0 Å². The highest BCUT2D eigenvalue weighted by atomic mass is 79.9. The van der Waals surface area contributed by atoms with Crippen molar-refractivity contribution in [3.63, 3.8) is 0 Å². The lowest BCUT2D eigenvalue weighted by Gasteiger charge is -1.72. The van der Waals surface area contributed by atoms with Gasteiger partial charge in [-0.1, -0.05) is 0 Å². The normalized spacial score (nSPS) is 10.8. The van der Waals surface area contributed by atoms with Crippen LogP contribution in [0.2, 0.25) is 0 Å². The average Bonchev–Trinajstić information content (AvgIpc) is 2.35. The molecule has 0 spiro atoms. The summed E-state index contributed by atoms with van der Waals surface area (Å²) < 4.78 is 1.11. The Morgan fingerprint density at radius 2 is 2.22 bits per heavy atom. The van der Waals surface area contributed by atoms with E-state index in [4.69, 9.17) is 0 Å². The van der Waals surface area contributed by atoms with E-state index in [0.717, 1.165) is 10.1 Å². The van der Waals surface area contributed by atoms with Gasteiger partial charge in [-0.3, -0.25) is 0 Å². The molecule has 3 heteroatoms. The van der Waals surface area contributed by atoms with Crippen LogP contribution in [0.1, 0.15) is 0 Å². The summed E-state index contributed by atoms with van der Waals surface area (Å²) in [6.45, 7) is 0. The highest BCUT2D eigenvalue weighted by Gasteiger charge is 1.97. The molecule has 0 aliphatic heterocycles. The number of aromatic amines is 2. The molecule has 0 fully saturated rings. The van der Waals surface area contributed by atoms with Crippen LogP contribution in [0.15, 0.2) is 22.9 Å². The van der Waals surface area contributed by atoms with Crippen molar-refractivity contribution >= 4 is 27.0 Å². The van der Waals surface area contributed by atoms with Crippen LogP contribution in [0.25, 0.3) is 11.0 Å². The summed E-state index contributed by atoms with van der Waals surface area (Å²) in [5.74, 6) is 0. The second kappa shape index (κ2) is 1.64. The largest absolute Gasteiger partial charge is 0.348 e. The van der Waals surface area contributed by atoms with Crippen molar-refractivity contribution < 1.29 is 0 Å². The van der Waals surface area contributed by atoms with E-state index in [1.807, 2.05) is 18.5 Å². The summed E-state index contributed by atoms with van der Waals surface area (Å²) in [7, 11) is 0. The third-order valence-corrected chi connectivity index (χ3v) is 2.00. The Labute approximate surface area is 60.4 Å². The fourth-order valence-corrected chi connectivity index (χ4v) is 1.35. The van der Waals surface area contributed by atoms with E-state index in [1.165, 1.54) is 5.39 Å². The molecule has 2 rings (SSSR count). The lowest BCUT2D eigenvalue weighted by atomic mass is 10.4. The van der Waals surface area contributed by atoms with Crippen molar-refractivity contribution in [2.75, 3.05) is 0 Å². The summed E-state index contributed by atoms with van der Waals surface area (Å²) in [5.41, 5.74) is 1.07. The SMILES string of the molecule is Brc1c[nH]c2[nH]ccc12. The summed E-state index contributed by atoms with van der Waals surface area (Å²) >= 11 is 3.39. The Morgan fingerprint density at radius 1 is 1.33 bits per heavy atom. The maximum atomic E-state index is 3.39. The first-order chi connectivity index (χ1) is 4.38. The molecule has 0 bridgehead atoms. The average molecular weight is 185 g/mol. The number of hydrogen-bond donors (Lipinski definition) is 2. The van der Waals surface area contributed by atoms with Crippen molar-refractivity contribution in [3.05, 3.63) is 22.9 Å². The molecule has 2 heterocycles. The predicted molar refractivity (Wildman–Crippen MR) is 40.3 cm³/mol. The molecule has 0 saturated heterocycles. The molecule has 0 radical (unpaired) electrons. The van der Waals surface area contributed by atoms with Gasteiger partial charge in [-0.15, -0.1) is 0 Å². The summed E-state index contributed by atoms with van der Waals surface area (Å²) in [6.07, 6.45) is 3.83. The van der Waals surface area contributed by atoms with Gasteiger partial charge in [0.25, 0.3) is 0 Å². The van der Waals surface area contributed by atoms with Crippen molar-refractivity contribution in [2.45, 2.75) is 0 Å². The van der Waals surface area contributed by atoms with Crippen LogP contribution in [0, 0.1) is 0 Å². The van der Waals surface area contributed by atoms with Gasteiger partial charge in [-0.2, -0.15) is 0 Å². The molecule has 2 aromatic heterocycles. The highest BCUT2D eigenvalue weighted by molar-refractivity contribution is 9.10. The Hall–Kier alpha value is -0.700. The van der Waals surface area contributed by atoms with E-state index in [-0.39, 0.29) is 0 Å². The van der Waals surface area contributed by atoms with Gasteiger partial charge in [-0.05, 0) is 22.0 Å². The number of aromatic nitrogens is 2. The smallest absolute Gasteiger partial charge is 0.115 e. The zero-order valence-electron chi connectivity index (χ0n) is 4.61. The van der Waals surface area contributed by atoms with Crippen LogP contribution in [0.5, 0.6) is 0 Å². The van der Waals surface area contributed by atoms with Crippen LogP contribution in [-0.2, 0) is 0 Å². The maximum Gasteiger partial charge on any atom is 0.115 e. The fraction of sp³-hybridized carbons (Fsp3) is 0. The van der Waals surface area contributed by atoms with Crippen molar-refractivity contribution in [2.24, 2.45) is 0 Å².